The van der Waals surface area contributed by atoms with Crippen LogP contribution in [0.4, 0.5) is 0 Å². The summed E-state index contributed by atoms with van der Waals surface area (Å²) >= 11 is 0. The Bertz CT molecular complexity index is 61.3. The molecule has 0 aliphatic heterocycles. The molecule has 0 saturated carbocycles. The van der Waals surface area contributed by atoms with E-state index < -0.39 is 0 Å². The lowest BCUT2D eigenvalue weighted by atomic mass is 10.2. The van der Waals surface area contributed by atoms with E-state index in [9.17, 15) is 0 Å². The van der Waals surface area contributed by atoms with Crippen molar-refractivity contribution in [1.82, 2.24) is 0 Å². The van der Waals surface area contributed by atoms with Gasteiger partial charge in [-0.3, -0.25) is 0 Å². The first-order valence-electron chi connectivity index (χ1n) is 3.31. The molecule has 0 N–H and O–H groups in total. The van der Waals surface area contributed by atoms with E-state index in [0.717, 1.165) is 0 Å². The van der Waals surface area contributed by atoms with Crippen LogP contribution in [0.2, 0.25) is 17.6 Å². The maximum Gasteiger partial charge on any atom is 0.0501 e. The standard InChI is InChI=1S/C7H17Si/c1-6-8(5)7(2,3)4/h6H2,1-5H3. The Balaban J connectivity index is 3.62. The zero-order chi connectivity index (χ0) is 6.78. The third-order valence-corrected chi connectivity index (χ3v) is 5.43. The molecule has 8 heavy (non-hydrogen) atoms. The van der Waals surface area contributed by atoms with E-state index in [1.54, 1.807) is 0 Å². The van der Waals surface area contributed by atoms with Crippen molar-refractivity contribution in [2.45, 2.75) is 45.3 Å². The zero-order valence-electron chi connectivity index (χ0n) is 6.71. The van der Waals surface area contributed by atoms with Gasteiger partial charge in [-0.25, -0.2) is 0 Å². The van der Waals surface area contributed by atoms with Gasteiger partial charge in [-0.1, -0.05) is 40.3 Å². The van der Waals surface area contributed by atoms with Crippen molar-refractivity contribution in [2.24, 2.45) is 0 Å². The predicted molar refractivity (Wildman–Crippen MR) is 41.8 cm³/mol. The van der Waals surface area contributed by atoms with Crippen LogP contribution in [0.3, 0.4) is 0 Å². The fourth-order valence-corrected chi connectivity index (χ4v) is 1.59. The molecular formula is C7H17Si. The van der Waals surface area contributed by atoms with E-state index in [1.165, 1.54) is 6.04 Å². The summed E-state index contributed by atoms with van der Waals surface area (Å²) in [7, 11) is -0.0445. The SMILES string of the molecule is CC[Si](C)C(C)(C)C. The molecule has 0 amide bonds. The Labute approximate surface area is 54.9 Å². The fraction of sp³-hybridized carbons (Fsp3) is 1.00. The number of hydrogen-bond donors (Lipinski definition) is 0. The predicted octanol–water partition coefficient (Wildman–Crippen LogP) is 2.93. The van der Waals surface area contributed by atoms with Crippen LogP contribution in [0, 0.1) is 0 Å². The molecule has 0 rings (SSSR count). The number of hydrogen-bond acceptors (Lipinski definition) is 0. The first kappa shape index (κ1) is 8.22. The molecule has 0 saturated heterocycles. The highest BCUT2D eigenvalue weighted by molar-refractivity contribution is 6.60. The third kappa shape index (κ3) is 2.51. The van der Waals surface area contributed by atoms with E-state index in [-0.39, 0.29) is 8.80 Å². The average Bonchev–Trinajstić information content (AvgIpc) is 1.62. The maximum atomic E-state index is 2.41. The first-order chi connectivity index (χ1) is 3.48. The van der Waals surface area contributed by atoms with E-state index in [4.69, 9.17) is 0 Å². The van der Waals surface area contributed by atoms with Crippen molar-refractivity contribution in [1.29, 1.82) is 0 Å². The molecule has 0 heterocycles. The molecule has 0 fully saturated rings. The molecule has 1 radical (unpaired) electrons. The summed E-state index contributed by atoms with van der Waals surface area (Å²) in [5, 5.41) is 0.611. The summed E-state index contributed by atoms with van der Waals surface area (Å²) in [5.41, 5.74) is 0. The van der Waals surface area contributed by atoms with Gasteiger partial charge in [0.1, 0.15) is 0 Å². The average molecular weight is 129 g/mol. The van der Waals surface area contributed by atoms with Crippen LogP contribution in [-0.4, -0.2) is 8.80 Å². The van der Waals surface area contributed by atoms with Gasteiger partial charge in [0, 0.05) is 0 Å². The third-order valence-electron chi connectivity index (χ3n) is 1.81. The molecule has 0 atom stereocenters. The Kier molecular flexibility index (Phi) is 2.74. The molecule has 0 aromatic carbocycles. The second-order valence-electron chi connectivity index (χ2n) is 3.38. The van der Waals surface area contributed by atoms with Crippen LogP contribution in [0.25, 0.3) is 0 Å². The van der Waals surface area contributed by atoms with Gasteiger partial charge in [0.05, 0.1) is 8.80 Å². The first-order valence-corrected chi connectivity index (χ1v) is 5.52. The Morgan fingerprint density at radius 1 is 1.25 bits per heavy atom. The Morgan fingerprint density at radius 3 is 1.62 bits per heavy atom. The summed E-state index contributed by atoms with van der Waals surface area (Å²) in [6, 6.07) is 1.40. The second kappa shape index (κ2) is 2.67. The lowest BCUT2D eigenvalue weighted by molar-refractivity contribution is 0.735. The van der Waals surface area contributed by atoms with Gasteiger partial charge in [-0.15, -0.1) is 0 Å². The van der Waals surface area contributed by atoms with Crippen LogP contribution < -0.4 is 0 Å². The van der Waals surface area contributed by atoms with Crippen LogP contribution >= 0.6 is 0 Å². The highest BCUT2D eigenvalue weighted by Gasteiger charge is 2.18. The Hall–Kier alpha value is 0.217. The van der Waals surface area contributed by atoms with E-state index >= 15 is 0 Å². The lowest BCUT2D eigenvalue weighted by Gasteiger charge is -2.23. The van der Waals surface area contributed by atoms with Gasteiger partial charge in [0.15, 0.2) is 0 Å². The van der Waals surface area contributed by atoms with Crippen LogP contribution in [0.5, 0.6) is 0 Å². The van der Waals surface area contributed by atoms with E-state index in [2.05, 4.69) is 34.2 Å². The molecule has 0 aliphatic rings. The molecule has 0 bridgehead atoms. The topological polar surface area (TPSA) is 0 Å². The maximum absolute atomic E-state index is 2.41. The van der Waals surface area contributed by atoms with Gasteiger partial charge in [0.25, 0.3) is 0 Å². The lowest BCUT2D eigenvalue weighted by Crippen LogP contribution is -2.19. The van der Waals surface area contributed by atoms with Crippen LogP contribution in [-0.2, 0) is 0 Å². The van der Waals surface area contributed by atoms with Crippen molar-refractivity contribution < 1.29 is 0 Å². The van der Waals surface area contributed by atoms with Crippen molar-refractivity contribution in [3.8, 4) is 0 Å². The van der Waals surface area contributed by atoms with Gasteiger partial charge >= 0.3 is 0 Å². The fourth-order valence-electron chi connectivity index (χ4n) is 0.530. The van der Waals surface area contributed by atoms with Gasteiger partial charge < -0.3 is 0 Å². The smallest absolute Gasteiger partial charge is 0.0501 e. The highest BCUT2D eigenvalue weighted by Crippen LogP contribution is 2.28. The molecular weight excluding hydrogens is 112 g/mol. The molecule has 0 aliphatic carbocycles. The summed E-state index contributed by atoms with van der Waals surface area (Å²) in [6.45, 7) is 11.7. The van der Waals surface area contributed by atoms with Crippen LogP contribution in [0.15, 0.2) is 0 Å². The van der Waals surface area contributed by atoms with Gasteiger partial charge in [-0.2, -0.15) is 0 Å². The largest absolute Gasteiger partial charge is 0.0707 e. The summed E-state index contributed by atoms with van der Waals surface area (Å²) in [6.07, 6.45) is 0. The quantitative estimate of drug-likeness (QED) is 0.478. The Morgan fingerprint density at radius 2 is 1.62 bits per heavy atom. The minimum atomic E-state index is -0.0445. The summed E-state index contributed by atoms with van der Waals surface area (Å²) in [5.74, 6) is 0. The monoisotopic (exact) mass is 129 g/mol. The molecule has 0 spiro atoms. The highest BCUT2D eigenvalue weighted by atomic mass is 28.3. The molecule has 49 valence electrons. The van der Waals surface area contributed by atoms with Crippen molar-refractivity contribution in [3.05, 3.63) is 0 Å². The normalized spacial score (nSPS) is 12.8. The van der Waals surface area contributed by atoms with E-state index in [1.807, 2.05) is 0 Å². The van der Waals surface area contributed by atoms with Gasteiger partial charge in [-0.05, 0) is 5.04 Å². The molecule has 0 aromatic heterocycles. The summed E-state index contributed by atoms with van der Waals surface area (Å²) < 4.78 is 0. The molecule has 1 heteroatoms. The minimum absolute atomic E-state index is 0.0445. The second-order valence-corrected chi connectivity index (χ2v) is 7.15. The molecule has 0 aromatic rings. The van der Waals surface area contributed by atoms with Crippen LogP contribution in [0.1, 0.15) is 27.7 Å². The van der Waals surface area contributed by atoms with Gasteiger partial charge in [0.2, 0.25) is 0 Å². The molecule has 0 unspecified atom stereocenters. The zero-order valence-corrected chi connectivity index (χ0v) is 7.71. The van der Waals surface area contributed by atoms with E-state index in [0.29, 0.717) is 5.04 Å². The number of rotatable bonds is 1. The van der Waals surface area contributed by atoms with Crippen molar-refractivity contribution >= 4 is 8.80 Å². The van der Waals surface area contributed by atoms with Crippen molar-refractivity contribution in [2.75, 3.05) is 0 Å². The summed E-state index contributed by atoms with van der Waals surface area (Å²) in [4.78, 5) is 0. The minimum Gasteiger partial charge on any atom is -0.0707 e. The molecule has 0 nitrogen and oxygen atoms in total. The van der Waals surface area contributed by atoms with Crippen molar-refractivity contribution in [3.63, 3.8) is 0 Å².